The number of hydrogen-bond acceptors (Lipinski definition) is 3. The second-order valence-electron chi connectivity index (χ2n) is 4.50. The van der Waals surface area contributed by atoms with Crippen LogP contribution < -0.4 is 5.32 Å². The molecule has 0 aliphatic carbocycles. The molecular weight excluding hydrogens is 307 g/mol. The van der Waals surface area contributed by atoms with Crippen LogP contribution >= 0.6 is 23.2 Å². The van der Waals surface area contributed by atoms with Crippen LogP contribution in [0.5, 0.6) is 0 Å². The predicted molar refractivity (Wildman–Crippen MR) is 86.7 cm³/mol. The van der Waals surface area contributed by atoms with Gasteiger partial charge in [0, 0.05) is 33.5 Å². The molecule has 0 radical (unpaired) electrons. The number of anilines is 2. The molecule has 1 heterocycles. The summed E-state index contributed by atoms with van der Waals surface area (Å²) in [7, 11) is 0. The first-order valence-corrected chi connectivity index (χ1v) is 7.00. The Hall–Kier alpha value is -2.10. The molecule has 2 aromatic carbocycles. The standard InChI is InChI=1S/C16H10Cl2N2O/c17-11-3-6-13-14(7-8-19-15(13)9-11)20-12-4-1-10(2-5-12)16(18)21/h1-9H,(H,19,20). The second kappa shape index (κ2) is 5.72. The Balaban J connectivity index is 1.96. The molecule has 0 saturated heterocycles. The Morgan fingerprint density at radius 2 is 1.81 bits per heavy atom. The van der Waals surface area contributed by atoms with Crippen LogP contribution in [0.4, 0.5) is 11.4 Å². The zero-order valence-electron chi connectivity index (χ0n) is 10.8. The molecule has 3 rings (SSSR count). The lowest BCUT2D eigenvalue weighted by molar-refractivity contribution is 0.108. The van der Waals surface area contributed by atoms with Gasteiger partial charge in [-0.25, -0.2) is 0 Å². The van der Waals surface area contributed by atoms with E-state index in [0.717, 1.165) is 22.3 Å². The van der Waals surface area contributed by atoms with Crippen LogP contribution in [0, 0.1) is 0 Å². The maximum atomic E-state index is 11.0. The molecule has 0 atom stereocenters. The molecule has 5 heteroatoms. The van der Waals surface area contributed by atoms with E-state index in [-0.39, 0.29) is 0 Å². The molecule has 0 aliphatic heterocycles. The summed E-state index contributed by atoms with van der Waals surface area (Å²) >= 11 is 11.4. The number of nitrogens with one attached hydrogen (secondary N) is 1. The molecular formula is C16H10Cl2N2O. The summed E-state index contributed by atoms with van der Waals surface area (Å²) in [5.74, 6) is 0. The molecule has 1 N–H and O–H groups in total. The van der Waals surface area contributed by atoms with Crippen LogP contribution in [0.15, 0.2) is 54.7 Å². The third-order valence-electron chi connectivity index (χ3n) is 3.10. The molecule has 21 heavy (non-hydrogen) atoms. The molecule has 0 amide bonds. The smallest absolute Gasteiger partial charge is 0.252 e. The van der Waals surface area contributed by atoms with E-state index in [9.17, 15) is 4.79 Å². The van der Waals surface area contributed by atoms with Gasteiger partial charge in [-0.1, -0.05) is 11.6 Å². The van der Waals surface area contributed by atoms with Gasteiger partial charge in [-0.15, -0.1) is 0 Å². The molecule has 0 spiro atoms. The number of aromatic nitrogens is 1. The van der Waals surface area contributed by atoms with Crippen LogP contribution in [0.25, 0.3) is 10.9 Å². The zero-order valence-corrected chi connectivity index (χ0v) is 12.3. The van der Waals surface area contributed by atoms with E-state index in [2.05, 4.69) is 10.3 Å². The van der Waals surface area contributed by atoms with Crippen molar-refractivity contribution in [1.82, 2.24) is 4.98 Å². The highest BCUT2D eigenvalue weighted by Gasteiger charge is 2.04. The van der Waals surface area contributed by atoms with Gasteiger partial charge in [0.25, 0.3) is 5.24 Å². The van der Waals surface area contributed by atoms with Crippen molar-refractivity contribution in [3.8, 4) is 0 Å². The quantitative estimate of drug-likeness (QED) is 0.690. The summed E-state index contributed by atoms with van der Waals surface area (Å²) in [6, 6.07) is 14.4. The number of pyridine rings is 1. The summed E-state index contributed by atoms with van der Waals surface area (Å²) in [6.45, 7) is 0. The minimum Gasteiger partial charge on any atom is -0.355 e. The lowest BCUT2D eigenvalue weighted by Crippen LogP contribution is -1.94. The topological polar surface area (TPSA) is 42.0 Å². The molecule has 1 aromatic heterocycles. The van der Waals surface area contributed by atoms with Crippen molar-refractivity contribution in [3.63, 3.8) is 0 Å². The van der Waals surface area contributed by atoms with Crippen LogP contribution in [0.3, 0.4) is 0 Å². The van der Waals surface area contributed by atoms with Crippen molar-refractivity contribution in [2.45, 2.75) is 0 Å². The van der Waals surface area contributed by atoms with E-state index in [1.54, 1.807) is 30.5 Å². The van der Waals surface area contributed by atoms with Crippen LogP contribution in [0.2, 0.25) is 5.02 Å². The summed E-state index contributed by atoms with van der Waals surface area (Å²) in [5.41, 5.74) is 3.06. The van der Waals surface area contributed by atoms with E-state index in [0.29, 0.717) is 10.6 Å². The van der Waals surface area contributed by atoms with E-state index in [1.165, 1.54) is 0 Å². The molecule has 0 fully saturated rings. The van der Waals surface area contributed by atoms with Crippen molar-refractivity contribution in [2.75, 3.05) is 5.32 Å². The fourth-order valence-electron chi connectivity index (χ4n) is 2.07. The van der Waals surface area contributed by atoms with Crippen molar-refractivity contribution in [1.29, 1.82) is 0 Å². The number of carbonyl (C=O) groups is 1. The molecule has 0 unspecified atom stereocenters. The average molecular weight is 317 g/mol. The Bertz CT molecular complexity index is 816. The number of carbonyl (C=O) groups excluding carboxylic acids is 1. The minimum atomic E-state index is -0.467. The van der Waals surface area contributed by atoms with Crippen LogP contribution in [-0.2, 0) is 0 Å². The first kappa shape index (κ1) is 13.9. The van der Waals surface area contributed by atoms with Gasteiger partial charge in [0.05, 0.1) is 5.52 Å². The van der Waals surface area contributed by atoms with Crippen LogP contribution in [-0.4, -0.2) is 10.2 Å². The van der Waals surface area contributed by atoms with Gasteiger partial charge in [-0.2, -0.15) is 0 Å². The third kappa shape index (κ3) is 2.99. The number of benzene rings is 2. The zero-order chi connectivity index (χ0) is 14.8. The molecule has 3 aromatic rings. The van der Waals surface area contributed by atoms with Gasteiger partial charge in [-0.3, -0.25) is 9.78 Å². The largest absolute Gasteiger partial charge is 0.355 e. The highest BCUT2D eigenvalue weighted by Crippen LogP contribution is 2.27. The Morgan fingerprint density at radius 3 is 2.52 bits per heavy atom. The fourth-order valence-corrected chi connectivity index (χ4v) is 2.36. The molecule has 0 bridgehead atoms. The summed E-state index contributed by atoms with van der Waals surface area (Å²) < 4.78 is 0. The van der Waals surface area contributed by atoms with Gasteiger partial charge in [0.2, 0.25) is 0 Å². The molecule has 104 valence electrons. The lowest BCUT2D eigenvalue weighted by atomic mass is 10.1. The number of fused-ring (bicyclic) bond motifs is 1. The predicted octanol–water partition coefficient (Wildman–Crippen LogP) is 5.01. The Kier molecular flexibility index (Phi) is 3.78. The number of rotatable bonds is 3. The summed E-state index contributed by atoms with van der Waals surface area (Å²) in [5, 5.41) is 4.45. The van der Waals surface area contributed by atoms with Gasteiger partial charge < -0.3 is 5.32 Å². The normalized spacial score (nSPS) is 10.6. The van der Waals surface area contributed by atoms with E-state index in [1.807, 2.05) is 24.3 Å². The van der Waals surface area contributed by atoms with Crippen LogP contribution in [0.1, 0.15) is 10.4 Å². The fraction of sp³-hybridized carbons (Fsp3) is 0. The van der Waals surface area contributed by atoms with Crippen molar-refractivity contribution < 1.29 is 4.79 Å². The van der Waals surface area contributed by atoms with Gasteiger partial charge in [0.15, 0.2) is 0 Å². The number of halogens is 2. The maximum absolute atomic E-state index is 11.0. The highest BCUT2D eigenvalue weighted by molar-refractivity contribution is 6.67. The monoisotopic (exact) mass is 316 g/mol. The first-order chi connectivity index (χ1) is 10.1. The molecule has 0 saturated carbocycles. The Labute approximate surface area is 131 Å². The van der Waals surface area contributed by atoms with Gasteiger partial charge in [-0.05, 0) is 60.1 Å². The van der Waals surface area contributed by atoms with Gasteiger partial charge in [0.1, 0.15) is 0 Å². The number of nitrogens with zero attached hydrogens (tertiary/aromatic N) is 1. The minimum absolute atomic E-state index is 0.466. The molecule has 3 nitrogen and oxygen atoms in total. The Morgan fingerprint density at radius 1 is 1.05 bits per heavy atom. The van der Waals surface area contributed by atoms with Gasteiger partial charge >= 0.3 is 0 Å². The summed E-state index contributed by atoms with van der Waals surface area (Å²) in [4.78, 5) is 15.3. The van der Waals surface area contributed by atoms with E-state index < -0.39 is 5.24 Å². The SMILES string of the molecule is O=C(Cl)c1ccc(Nc2ccnc3cc(Cl)ccc23)cc1. The summed E-state index contributed by atoms with van der Waals surface area (Å²) in [6.07, 6.45) is 1.72. The highest BCUT2D eigenvalue weighted by atomic mass is 35.5. The molecule has 0 aliphatic rings. The average Bonchev–Trinajstić information content (AvgIpc) is 2.47. The van der Waals surface area contributed by atoms with Crippen molar-refractivity contribution >= 4 is 50.7 Å². The van der Waals surface area contributed by atoms with E-state index >= 15 is 0 Å². The van der Waals surface area contributed by atoms with Crippen molar-refractivity contribution in [2.24, 2.45) is 0 Å². The van der Waals surface area contributed by atoms with E-state index in [4.69, 9.17) is 23.2 Å². The first-order valence-electron chi connectivity index (χ1n) is 6.25. The third-order valence-corrected chi connectivity index (χ3v) is 3.55. The second-order valence-corrected chi connectivity index (χ2v) is 5.28. The van der Waals surface area contributed by atoms with Crippen molar-refractivity contribution in [3.05, 3.63) is 65.3 Å². The maximum Gasteiger partial charge on any atom is 0.252 e. The number of hydrogen-bond donors (Lipinski definition) is 1. The lowest BCUT2D eigenvalue weighted by Gasteiger charge is -2.10.